The molecule has 0 heterocycles. The van der Waals surface area contributed by atoms with Crippen molar-refractivity contribution in [2.24, 2.45) is 50.3 Å². The Morgan fingerprint density at radius 1 is 0.931 bits per heavy atom. The van der Waals surface area contributed by atoms with Crippen LogP contribution in [-0.2, 0) is 0 Å². The molecule has 0 aromatic carbocycles. The van der Waals surface area contributed by atoms with Crippen LogP contribution in [0.2, 0.25) is 0 Å². The lowest BCUT2D eigenvalue weighted by atomic mass is 9.47. The number of hydrazone groups is 2. The molecule has 5 atom stereocenters. The summed E-state index contributed by atoms with van der Waals surface area (Å²) in [6.45, 7) is 4.76. The number of hydrogen-bond acceptors (Lipinski definition) is 4. The molecule has 4 aliphatic carbocycles. The van der Waals surface area contributed by atoms with Crippen LogP contribution in [0, 0.1) is 28.6 Å². The molecule has 8 heteroatoms. The molecule has 3 fully saturated rings. The summed E-state index contributed by atoms with van der Waals surface area (Å²) in [4.78, 5) is 22.1. The summed E-state index contributed by atoms with van der Waals surface area (Å²) in [5.41, 5.74) is 19.0. The molecule has 0 spiro atoms. The zero-order valence-electron chi connectivity index (χ0n) is 17.3. The number of hydrogen-bond donors (Lipinski definition) is 4. The normalized spacial score (nSPS) is 41.2. The van der Waals surface area contributed by atoms with E-state index < -0.39 is 12.1 Å². The molecule has 3 saturated carbocycles. The fourth-order valence-corrected chi connectivity index (χ4v) is 6.88. The van der Waals surface area contributed by atoms with Crippen LogP contribution < -0.4 is 22.3 Å². The number of primary amides is 2. The number of nitrogens with one attached hydrogen (secondary N) is 2. The maximum atomic E-state index is 11.1. The largest absolute Gasteiger partial charge is 0.350 e. The third-order valence-corrected chi connectivity index (χ3v) is 8.33. The van der Waals surface area contributed by atoms with Crippen LogP contribution in [-0.4, -0.2) is 23.5 Å². The zero-order valence-corrected chi connectivity index (χ0v) is 17.3. The minimum atomic E-state index is -0.621. The first-order valence-corrected chi connectivity index (χ1v) is 10.7. The van der Waals surface area contributed by atoms with Gasteiger partial charge in [-0.1, -0.05) is 19.4 Å². The SMILES string of the molecule is C[C@]12CC/C(=N\NC(N)=O)C=C1CC[C@@H]1[C@H]3CC/C(=N\NC(N)=O)[C@@]3(C)CC[C@@H]12. The third kappa shape index (κ3) is 3.32. The van der Waals surface area contributed by atoms with E-state index in [-0.39, 0.29) is 10.8 Å². The monoisotopic (exact) mass is 400 g/mol. The van der Waals surface area contributed by atoms with Crippen LogP contribution in [0.5, 0.6) is 0 Å². The topological polar surface area (TPSA) is 135 Å². The molecule has 4 rings (SSSR count). The lowest BCUT2D eigenvalue weighted by Crippen LogP contribution is -2.50. The molecule has 0 aromatic rings. The van der Waals surface area contributed by atoms with Gasteiger partial charge in [0.15, 0.2) is 0 Å². The summed E-state index contributed by atoms with van der Waals surface area (Å²) in [6, 6.07) is -1.22. The van der Waals surface area contributed by atoms with E-state index in [0.717, 1.165) is 49.9 Å². The molecule has 29 heavy (non-hydrogen) atoms. The Hall–Kier alpha value is -2.38. The van der Waals surface area contributed by atoms with Gasteiger partial charge in [0.05, 0.1) is 5.71 Å². The smallest absolute Gasteiger partial charge is 0.332 e. The number of fused-ring (bicyclic) bond motifs is 5. The molecular weight excluding hydrogens is 368 g/mol. The molecule has 8 nitrogen and oxygen atoms in total. The second-order valence-corrected chi connectivity index (χ2v) is 9.61. The highest BCUT2D eigenvalue weighted by Gasteiger charge is 2.58. The molecule has 0 unspecified atom stereocenters. The van der Waals surface area contributed by atoms with Gasteiger partial charge in [0, 0.05) is 11.1 Å². The predicted octanol–water partition coefficient (Wildman–Crippen LogP) is 3.00. The minimum Gasteiger partial charge on any atom is -0.350 e. The van der Waals surface area contributed by atoms with E-state index in [2.05, 4.69) is 41.0 Å². The molecule has 0 aromatic heterocycles. The van der Waals surface area contributed by atoms with Crippen molar-refractivity contribution in [1.82, 2.24) is 10.9 Å². The van der Waals surface area contributed by atoms with Crippen molar-refractivity contribution in [3.05, 3.63) is 11.6 Å². The highest BCUT2D eigenvalue weighted by atomic mass is 16.2. The van der Waals surface area contributed by atoms with Gasteiger partial charge in [-0.2, -0.15) is 10.2 Å². The van der Waals surface area contributed by atoms with E-state index >= 15 is 0 Å². The van der Waals surface area contributed by atoms with Crippen molar-refractivity contribution in [3.8, 4) is 0 Å². The molecule has 0 saturated heterocycles. The van der Waals surface area contributed by atoms with E-state index in [1.54, 1.807) is 0 Å². The number of nitrogens with zero attached hydrogens (tertiary/aromatic N) is 2. The summed E-state index contributed by atoms with van der Waals surface area (Å²) < 4.78 is 0. The fraction of sp³-hybridized carbons (Fsp3) is 0.714. The predicted molar refractivity (Wildman–Crippen MR) is 112 cm³/mol. The summed E-state index contributed by atoms with van der Waals surface area (Å²) in [5.74, 6) is 1.95. The number of rotatable bonds is 2. The van der Waals surface area contributed by atoms with Gasteiger partial charge in [-0.3, -0.25) is 0 Å². The van der Waals surface area contributed by atoms with Crippen LogP contribution in [0.15, 0.2) is 21.9 Å². The first-order chi connectivity index (χ1) is 13.7. The van der Waals surface area contributed by atoms with Gasteiger partial charge in [0.25, 0.3) is 0 Å². The second-order valence-electron chi connectivity index (χ2n) is 9.61. The van der Waals surface area contributed by atoms with Crippen molar-refractivity contribution in [2.45, 2.75) is 65.2 Å². The molecule has 158 valence electrons. The third-order valence-electron chi connectivity index (χ3n) is 8.33. The Morgan fingerprint density at radius 3 is 2.34 bits per heavy atom. The Labute approximate surface area is 171 Å². The van der Waals surface area contributed by atoms with Crippen LogP contribution >= 0.6 is 0 Å². The first kappa shape index (κ1) is 19.9. The second kappa shape index (κ2) is 7.15. The van der Waals surface area contributed by atoms with Gasteiger partial charge >= 0.3 is 12.1 Å². The van der Waals surface area contributed by atoms with Gasteiger partial charge in [0.2, 0.25) is 0 Å². The highest BCUT2D eigenvalue weighted by molar-refractivity contribution is 5.97. The first-order valence-electron chi connectivity index (χ1n) is 10.7. The van der Waals surface area contributed by atoms with E-state index in [1.807, 2.05) is 0 Å². The van der Waals surface area contributed by atoms with E-state index in [4.69, 9.17) is 11.5 Å². The fourth-order valence-electron chi connectivity index (χ4n) is 6.88. The average Bonchev–Trinajstić information content (AvgIpc) is 3.01. The van der Waals surface area contributed by atoms with Crippen molar-refractivity contribution in [3.63, 3.8) is 0 Å². The van der Waals surface area contributed by atoms with Gasteiger partial charge in [0.1, 0.15) is 0 Å². The summed E-state index contributed by atoms with van der Waals surface area (Å²) in [6.07, 6.45) is 10.7. The van der Waals surface area contributed by atoms with Crippen LogP contribution in [0.1, 0.15) is 65.2 Å². The van der Waals surface area contributed by atoms with E-state index in [0.29, 0.717) is 17.8 Å². The number of urea groups is 2. The van der Waals surface area contributed by atoms with Crippen molar-refractivity contribution >= 4 is 23.5 Å². The van der Waals surface area contributed by atoms with Crippen LogP contribution in [0.25, 0.3) is 0 Å². The van der Waals surface area contributed by atoms with Crippen molar-refractivity contribution < 1.29 is 9.59 Å². The lowest BCUT2D eigenvalue weighted by molar-refractivity contribution is -0.0155. The zero-order chi connectivity index (χ0) is 20.8. The molecule has 0 aliphatic heterocycles. The van der Waals surface area contributed by atoms with Crippen molar-refractivity contribution in [2.75, 3.05) is 0 Å². The van der Waals surface area contributed by atoms with Crippen LogP contribution in [0.4, 0.5) is 9.59 Å². The molecule has 4 aliphatic rings. The number of allylic oxidation sites excluding steroid dienone is 2. The maximum absolute atomic E-state index is 11.1. The van der Waals surface area contributed by atoms with Gasteiger partial charge in [-0.05, 0) is 80.6 Å². The molecule has 4 amide bonds. The number of nitrogens with two attached hydrogens (primary N) is 2. The van der Waals surface area contributed by atoms with E-state index in [9.17, 15) is 9.59 Å². The van der Waals surface area contributed by atoms with Gasteiger partial charge in [-0.25, -0.2) is 20.4 Å². The Bertz CT molecular complexity index is 818. The highest BCUT2D eigenvalue weighted by Crippen LogP contribution is 2.64. The quantitative estimate of drug-likeness (QED) is 0.530. The van der Waals surface area contributed by atoms with Gasteiger partial charge < -0.3 is 11.5 Å². The summed E-state index contributed by atoms with van der Waals surface area (Å²) >= 11 is 0. The molecular formula is C21H32N6O2. The number of carbonyl (C=O) groups is 2. The molecule has 0 bridgehead atoms. The van der Waals surface area contributed by atoms with Crippen molar-refractivity contribution in [1.29, 1.82) is 0 Å². The van der Waals surface area contributed by atoms with Gasteiger partial charge in [-0.15, -0.1) is 0 Å². The number of amides is 4. The summed E-state index contributed by atoms with van der Waals surface area (Å²) in [7, 11) is 0. The Morgan fingerprint density at radius 2 is 1.62 bits per heavy atom. The van der Waals surface area contributed by atoms with Crippen LogP contribution in [0.3, 0.4) is 0 Å². The number of carbonyl (C=O) groups excluding carboxylic acids is 2. The molecule has 0 radical (unpaired) electrons. The Kier molecular flexibility index (Phi) is 4.91. The maximum Gasteiger partial charge on any atom is 0.332 e. The lowest BCUT2D eigenvalue weighted by Gasteiger charge is -2.57. The average molecular weight is 401 g/mol. The Balaban J connectivity index is 1.57. The summed E-state index contributed by atoms with van der Waals surface area (Å²) in [5, 5.41) is 8.55. The van der Waals surface area contributed by atoms with E-state index in [1.165, 1.54) is 18.4 Å². The standard InChI is InChI=1S/C21H32N6O2/c1-20-9-7-13(24-26-18(22)28)11-12(20)3-4-14-15-5-6-17(25-27-19(23)29)21(15,2)10-8-16(14)20/h11,14-16H,3-10H2,1-2H3,(H3,22,26,28)(H3,23,27,29)/b24-13+,25-17+/t14-,15-,16+,20+,21+/m1/s1. The molecule has 6 N–H and O–H groups in total. The minimum absolute atomic E-state index is 0.0634.